The van der Waals surface area contributed by atoms with Gasteiger partial charge in [0.2, 0.25) is 59.1 Å². The summed E-state index contributed by atoms with van der Waals surface area (Å²) in [6.45, 7) is 10.1. The summed E-state index contributed by atoms with van der Waals surface area (Å²) in [5, 5.41) is 37.7. The minimum absolute atomic E-state index is 0.0977. The minimum Gasteiger partial charge on any atom is -0.481 e. The largest absolute Gasteiger partial charge is 0.481 e. The van der Waals surface area contributed by atoms with Gasteiger partial charge in [0.1, 0.15) is 36.3 Å². The summed E-state index contributed by atoms with van der Waals surface area (Å²) in [4.78, 5) is 182. The van der Waals surface area contributed by atoms with Crippen LogP contribution in [0.25, 0.3) is 10.8 Å². The van der Waals surface area contributed by atoms with Gasteiger partial charge in [-0.3, -0.25) is 82.4 Å². The van der Waals surface area contributed by atoms with Crippen LogP contribution < -0.4 is 83.1 Å². The van der Waals surface area contributed by atoms with Crippen LogP contribution in [-0.4, -0.2) is 184 Å². The number of rotatable bonds is 36. The van der Waals surface area contributed by atoms with Gasteiger partial charge in [0.05, 0.1) is 24.9 Å². The van der Waals surface area contributed by atoms with E-state index in [0.29, 0.717) is 38.6 Å². The van der Waals surface area contributed by atoms with E-state index in [-0.39, 0.29) is 75.1 Å². The van der Waals surface area contributed by atoms with Crippen LogP contribution in [0.5, 0.6) is 0 Å². The standard InChI is InChI=1S/C32H47N9O7.C25H42N8O8.C2H5NO/c1-18(2)26(31(48)41-27(44)21-13-12-19-8-3-4-9-20(19)16-21)40-30(47)24(17-25(42)43)39-29(46)23(11-5-6-14-33)38-28(45)22(34)10-7-15-37-32(35)36;1-13(2)21(18(35)12-19(26)36)32-22(39)15(8-9-20(37)38)31-23(40)17-7-5-11-33(17)24(41)16(30-14(3)34)6-4-10-29-25(27)28;1-2(3)4/h3-4,8-9,12-13,16,18,22-24,26H,5-7,10-11,14-15,17,33-34H2,1-2H3,(H,38,45)(H,39,46)(H,40,47)(H,42,43)(H4,35,36,37)(H,41,44,48);13,15-17,21H,4-12H2,1-3H3,(H2,26,36)(H,30,34)(H,31,40)(H,32,39)(H,37,38)(H4,27,28,29);1H3,(H2,3,4)/t22-,23-,24-,26-;15-,16-,17-,21-;/m00./s1. The number of benzene rings is 2. The van der Waals surface area contributed by atoms with Gasteiger partial charge in [-0.1, -0.05) is 58.0 Å². The highest BCUT2D eigenvalue weighted by molar-refractivity contribution is 6.09. The molecule has 0 radical (unpaired) electrons. The zero-order chi connectivity index (χ0) is 70.7. The number of hydrogen-bond acceptors (Lipinski definition) is 18. The van der Waals surface area contributed by atoms with Crippen molar-refractivity contribution in [1.82, 2.24) is 42.1 Å². The number of guanidine groups is 2. The third kappa shape index (κ3) is 32.1. The molecule has 1 heterocycles. The van der Waals surface area contributed by atoms with E-state index in [1.165, 1.54) is 18.7 Å². The maximum absolute atomic E-state index is 13.4. The molecule has 3 rings (SSSR count). The maximum atomic E-state index is 13.4. The molecule has 1 aliphatic heterocycles. The fraction of sp³-hybridized carbons (Fsp3) is 0.559. The lowest BCUT2D eigenvalue weighted by Gasteiger charge is -2.30. The smallest absolute Gasteiger partial charge is 0.305 e. The molecule has 1 saturated heterocycles. The van der Waals surface area contributed by atoms with Gasteiger partial charge in [-0.05, 0) is 105 Å². The lowest BCUT2D eigenvalue weighted by atomic mass is 9.96. The number of imide groups is 1. The summed E-state index contributed by atoms with van der Waals surface area (Å²) in [5.41, 5.74) is 42.6. The highest BCUT2D eigenvalue weighted by atomic mass is 16.4. The van der Waals surface area contributed by atoms with Gasteiger partial charge in [0.25, 0.3) is 5.91 Å². The number of aliphatic carboxylic acids is 2. The number of nitrogens with one attached hydrogen (secondary N) is 7. The average molecular weight is 1310 g/mol. The molecule has 1 aliphatic rings. The Morgan fingerprint density at radius 2 is 1.12 bits per heavy atom. The van der Waals surface area contributed by atoms with Crippen molar-refractivity contribution in [2.45, 2.75) is 173 Å². The number of carbonyl (C=O) groups excluding carboxylic acids is 12. The normalized spacial score (nSPS) is 14.6. The number of Topliss-reactive ketones (excluding diaryl/α,β-unsaturated/α-hetero) is 1. The van der Waals surface area contributed by atoms with Gasteiger partial charge in [-0.15, -0.1) is 0 Å². The van der Waals surface area contributed by atoms with Crippen molar-refractivity contribution in [2.24, 2.45) is 67.7 Å². The van der Waals surface area contributed by atoms with Crippen LogP contribution in [0.1, 0.15) is 135 Å². The molecule has 0 spiro atoms. The van der Waals surface area contributed by atoms with Crippen molar-refractivity contribution in [1.29, 1.82) is 0 Å². The molecular formula is C59H94N18O16. The number of nitrogens with zero attached hydrogens (tertiary/aromatic N) is 3. The van der Waals surface area contributed by atoms with E-state index >= 15 is 0 Å². The second-order valence-electron chi connectivity index (χ2n) is 22.5. The molecule has 11 amide bonds. The summed E-state index contributed by atoms with van der Waals surface area (Å²) >= 11 is 0. The minimum atomic E-state index is -1.62. The number of carbonyl (C=O) groups is 14. The van der Waals surface area contributed by atoms with Gasteiger partial charge in [0.15, 0.2) is 17.7 Å². The molecular weight excluding hydrogens is 1220 g/mol. The number of fused-ring (bicyclic) bond motifs is 1. The Labute approximate surface area is 538 Å². The molecule has 516 valence electrons. The van der Waals surface area contributed by atoms with Crippen LogP contribution in [-0.2, 0) is 62.3 Å². The summed E-state index contributed by atoms with van der Waals surface area (Å²) < 4.78 is 0. The van der Waals surface area contributed by atoms with E-state index in [4.69, 9.17) is 45.2 Å². The van der Waals surface area contributed by atoms with E-state index in [2.05, 4.69) is 52.9 Å². The van der Waals surface area contributed by atoms with Crippen molar-refractivity contribution >= 4 is 105 Å². The topological polar surface area (TPSA) is 600 Å². The van der Waals surface area contributed by atoms with Crippen molar-refractivity contribution in [3.05, 3.63) is 48.0 Å². The van der Waals surface area contributed by atoms with Crippen LogP contribution >= 0.6 is 0 Å². The maximum Gasteiger partial charge on any atom is 0.305 e. The molecule has 2 aromatic carbocycles. The average Bonchev–Trinajstić information content (AvgIpc) is 1.85. The Morgan fingerprint density at radius 1 is 0.591 bits per heavy atom. The number of carboxylic acid groups (broad SMARTS) is 2. The van der Waals surface area contributed by atoms with E-state index in [0.717, 1.165) is 10.8 Å². The Hall–Kier alpha value is -9.86. The van der Waals surface area contributed by atoms with Gasteiger partial charge in [-0.25, -0.2) is 0 Å². The van der Waals surface area contributed by atoms with Gasteiger partial charge < -0.3 is 92.9 Å². The van der Waals surface area contributed by atoms with Crippen LogP contribution in [0.4, 0.5) is 0 Å². The highest BCUT2D eigenvalue weighted by Gasteiger charge is 2.40. The van der Waals surface area contributed by atoms with E-state index in [1.54, 1.807) is 45.9 Å². The molecule has 2 aromatic rings. The number of carboxylic acids is 2. The Kier molecular flexibility index (Phi) is 36.9. The van der Waals surface area contributed by atoms with Crippen LogP contribution in [0.3, 0.4) is 0 Å². The monoisotopic (exact) mass is 1310 g/mol. The van der Waals surface area contributed by atoms with Gasteiger partial charge in [0, 0.05) is 45.5 Å². The summed E-state index contributed by atoms with van der Waals surface area (Å²) in [5.74, 6) is -12.0. The molecule has 34 nitrogen and oxygen atoms in total. The summed E-state index contributed by atoms with van der Waals surface area (Å²) in [7, 11) is 0. The molecule has 0 saturated carbocycles. The first kappa shape index (κ1) is 81.2. The molecule has 34 heteroatoms. The number of primary amides is 2. The molecule has 8 atom stereocenters. The SMILES string of the molecule is CC(=O)N[C@@H](CCCN=C(N)N)C(=O)N1CCC[C@H]1C(=O)N[C@@H](CCC(=O)O)C(=O)N[C@H](C(=O)CC(N)=O)C(C)C.CC(C)[C@H](NC(=O)[C@H](CC(=O)O)NC(=O)[C@H](CCCCN)NC(=O)[C@@H](N)CCCN=C(N)N)C(=O)NC(=O)c1ccc2ccccc2c1.CC(N)=O. The number of aliphatic imine (C=N–C) groups is 2. The number of unbranched alkanes of at least 4 members (excludes halogenated alkanes) is 1. The number of ketones is 1. The van der Waals surface area contributed by atoms with Gasteiger partial charge in [-0.2, -0.15) is 0 Å². The molecule has 0 aromatic heterocycles. The number of nitrogens with two attached hydrogens (primary N) is 8. The van der Waals surface area contributed by atoms with Gasteiger partial charge >= 0.3 is 11.9 Å². The Bertz CT molecular complexity index is 2980. The molecule has 0 bridgehead atoms. The summed E-state index contributed by atoms with van der Waals surface area (Å²) in [6, 6.07) is 2.90. The zero-order valence-corrected chi connectivity index (χ0v) is 53.4. The van der Waals surface area contributed by atoms with Crippen molar-refractivity contribution in [2.75, 3.05) is 26.2 Å². The molecule has 0 aliphatic carbocycles. The zero-order valence-electron chi connectivity index (χ0n) is 53.4. The van der Waals surface area contributed by atoms with E-state index in [1.807, 2.05) is 24.3 Å². The predicted octanol–water partition coefficient (Wildman–Crippen LogP) is -3.85. The summed E-state index contributed by atoms with van der Waals surface area (Å²) in [6.07, 6.45) is 0.871. The molecule has 1 fully saturated rings. The number of likely N-dealkylation sites (tertiary alicyclic amines) is 1. The number of amides is 11. The predicted molar refractivity (Wildman–Crippen MR) is 342 cm³/mol. The van der Waals surface area contributed by atoms with Crippen molar-refractivity contribution in [3.63, 3.8) is 0 Å². The highest BCUT2D eigenvalue weighted by Crippen LogP contribution is 2.21. The fourth-order valence-corrected chi connectivity index (χ4v) is 9.20. The van der Waals surface area contributed by atoms with Crippen LogP contribution in [0.15, 0.2) is 52.4 Å². The third-order valence-corrected chi connectivity index (χ3v) is 13.8. The first-order valence-electron chi connectivity index (χ1n) is 30.1. The van der Waals surface area contributed by atoms with E-state index in [9.17, 15) is 72.2 Å². The molecule has 93 heavy (non-hydrogen) atoms. The Balaban J connectivity index is 0.000000889. The van der Waals surface area contributed by atoms with Crippen LogP contribution in [0.2, 0.25) is 0 Å². The van der Waals surface area contributed by atoms with Crippen molar-refractivity contribution < 1.29 is 77.3 Å². The lowest BCUT2D eigenvalue weighted by Crippen LogP contribution is -2.59. The van der Waals surface area contributed by atoms with Crippen molar-refractivity contribution in [3.8, 4) is 0 Å². The third-order valence-electron chi connectivity index (χ3n) is 13.8. The first-order chi connectivity index (χ1) is 43.6. The van der Waals surface area contributed by atoms with E-state index < -0.39 is 156 Å². The lowest BCUT2D eigenvalue weighted by molar-refractivity contribution is -0.142. The second kappa shape index (κ2) is 42.2. The molecule has 0 unspecified atom stereocenters. The van der Waals surface area contributed by atoms with Crippen LogP contribution in [0, 0.1) is 11.8 Å². The fourth-order valence-electron chi connectivity index (χ4n) is 9.20. The molecule has 25 N–H and O–H groups in total. The second-order valence-corrected chi connectivity index (χ2v) is 22.5. The number of hydrogen-bond donors (Lipinski definition) is 17. The quantitative estimate of drug-likeness (QED) is 0.0134. The Morgan fingerprint density at radius 3 is 1.66 bits per heavy atom. The first-order valence-corrected chi connectivity index (χ1v) is 30.1.